The van der Waals surface area contributed by atoms with Gasteiger partial charge in [0.25, 0.3) is 5.91 Å². The second-order valence-corrected chi connectivity index (χ2v) is 8.76. The number of carbonyl (C=O) groups is 4. The third-order valence-corrected chi connectivity index (χ3v) is 6.73. The molecule has 0 radical (unpaired) electrons. The molecule has 1 fully saturated rings. The van der Waals surface area contributed by atoms with Gasteiger partial charge in [0.1, 0.15) is 12.1 Å². The lowest BCUT2D eigenvalue weighted by atomic mass is 9.80. The van der Waals surface area contributed by atoms with Gasteiger partial charge >= 0.3 is 6.03 Å². The first-order valence-corrected chi connectivity index (χ1v) is 10.8. The van der Waals surface area contributed by atoms with Gasteiger partial charge in [0.15, 0.2) is 5.78 Å². The summed E-state index contributed by atoms with van der Waals surface area (Å²) in [6, 6.07) is 9.96. The molecule has 1 aromatic heterocycles. The molecule has 8 heteroatoms. The lowest BCUT2D eigenvalue weighted by molar-refractivity contribution is -0.136. The van der Waals surface area contributed by atoms with Gasteiger partial charge in [0.2, 0.25) is 5.91 Å². The smallest absolute Gasteiger partial charge is 0.325 e. The molecular weight excluding hydrogens is 402 g/mol. The molecule has 1 aromatic carbocycles. The van der Waals surface area contributed by atoms with Crippen molar-refractivity contribution < 1.29 is 19.2 Å². The van der Waals surface area contributed by atoms with Crippen LogP contribution < -0.4 is 10.6 Å². The van der Waals surface area contributed by atoms with E-state index in [9.17, 15) is 19.2 Å². The number of thiophene rings is 1. The fourth-order valence-corrected chi connectivity index (χ4v) is 5.21. The van der Waals surface area contributed by atoms with Crippen LogP contribution in [0.2, 0.25) is 0 Å². The van der Waals surface area contributed by atoms with Crippen molar-refractivity contribution in [3.8, 4) is 0 Å². The lowest BCUT2D eigenvalue weighted by Crippen LogP contribution is -2.49. The zero-order valence-electron chi connectivity index (χ0n) is 16.6. The highest BCUT2D eigenvalue weighted by molar-refractivity contribution is 7.10. The van der Waals surface area contributed by atoms with E-state index in [0.29, 0.717) is 12.8 Å². The van der Waals surface area contributed by atoms with E-state index in [1.165, 1.54) is 6.92 Å². The Morgan fingerprint density at radius 2 is 2.00 bits per heavy atom. The summed E-state index contributed by atoms with van der Waals surface area (Å²) in [5.74, 6) is -1.12. The lowest BCUT2D eigenvalue weighted by Gasteiger charge is -2.31. The SMILES string of the molecule is CC(=O)[C@@H](Cc1ccccc1)NC(=O)CN1C(=O)N[C@]2(CCCc3sccc32)C1=O. The van der Waals surface area contributed by atoms with Crippen molar-refractivity contribution in [3.63, 3.8) is 0 Å². The average Bonchev–Trinajstić information content (AvgIpc) is 3.29. The van der Waals surface area contributed by atoms with Crippen LogP contribution in [-0.4, -0.2) is 41.1 Å². The fourth-order valence-electron chi connectivity index (χ4n) is 4.21. The van der Waals surface area contributed by atoms with Gasteiger partial charge in [0.05, 0.1) is 6.04 Å². The zero-order valence-corrected chi connectivity index (χ0v) is 17.5. The number of imide groups is 1. The van der Waals surface area contributed by atoms with Crippen LogP contribution in [0.15, 0.2) is 41.8 Å². The first kappa shape index (κ1) is 20.3. The Bertz CT molecular complexity index is 1000. The summed E-state index contributed by atoms with van der Waals surface area (Å²) < 4.78 is 0. The van der Waals surface area contributed by atoms with Crippen molar-refractivity contribution in [3.05, 3.63) is 57.8 Å². The first-order chi connectivity index (χ1) is 14.4. The van der Waals surface area contributed by atoms with E-state index in [0.717, 1.165) is 33.7 Å². The Morgan fingerprint density at radius 1 is 1.23 bits per heavy atom. The number of nitrogens with zero attached hydrogens (tertiary/aromatic N) is 1. The number of benzene rings is 1. The Labute approximate surface area is 178 Å². The van der Waals surface area contributed by atoms with E-state index in [-0.39, 0.29) is 5.78 Å². The highest BCUT2D eigenvalue weighted by Crippen LogP contribution is 2.41. The van der Waals surface area contributed by atoms with Gasteiger partial charge in [-0.15, -0.1) is 11.3 Å². The number of amides is 4. The predicted octanol–water partition coefficient (Wildman–Crippen LogP) is 2.15. The highest BCUT2D eigenvalue weighted by atomic mass is 32.1. The molecule has 2 atom stereocenters. The van der Waals surface area contributed by atoms with Crippen LogP contribution in [-0.2, 0) is 32.8 Å². The molecule has 2 aromatic rings. The predicted molar refractivity (Wildman–Crippen MR) is 112 cm³/mol. The van der Waals surface area contributed by atoms with Gasteiger partial charge in [-0.05, 0) is 49.6 Å². The van der Waals surface area contributed by atoms with Crippen LogP contribution in [0.3, 0.4) is 0 Å². The number of rotatable bonds is 6. The van der Waals surface area contributed by atoms with Crippen molar-refractivity contribution in [2.24, 2.45) is 0 Å². The van der Waals surface area contributed by atoms with Crippen LogP contribution in [0.1, 0.15) is 35.8 Å². The Kier molecular flexibility index (Phi) is 5.42. The Balaban J connectivity index is 1.46. The van der Waals surface area contributed by atoms with Gasteiger partial charge in [-0.25, -0.2) is 4.79 Å². The molecule has 4 rings (SSSR count). The topological polar surface area (TPSA) is 95.6 Å². The van der Waals surface area contributed by atoms with Gasteiger partial charge in [0, 0.05) is 10.4 Å². The van der Waals surface area contributed by atoms with E-state index in [1.54, 1.807) is 11.3 Å². The summed E-state index contributed by atoms with van der Waals surface area (Å²) in [6.45, 7) is 1.00. The van der Waals surface area contributed by atoms with Crippen molar-refractivity contribution in [2.75, 3.05) is 6.54 Å². The number of carbonyl (C=O) groups excluding carboxylic acids is 4. The third-order valence-electron chi connectivity index (χ3n) is 5.75. The molecule has 7 nitrogen and oxygen atoms in total. The molecular formula is C22H23N3O4S. The maximum atomic E-state index is 13.2. The number of aryl methyl sites for hydroxylation is 1. The molecule has 0 saturated carbocycles. The molecule has 4 amide bonds. The maximum Gasteiger partial charge on any atom is 0.325 e. The summed E-state index contributed by atoms with van der Waals surface area (Å²) in [6.07, 6.45) is 2.55. The van der Waals surface area contributed by atoms with Crippen LogP contribution in [0.25, 0.3) is 0 Å². The third kappa shape index (κ3) is 3.63. The number of nitrogens with one attached hydrogen (secondary N) is 2. The summed E-state index contributed by atoms with van der Waals surface area (Å²) in [4.78, 5) is 52.5. The second-order valence-electron chi connectivity index (χ2n) is 7.76. The molecule has 2 N–H and O–H groups in total. The van der Waals surface area contributed by atoms with Crippen molar-refractivity contribution in [2.45, 2.75) is 44.2 Å². The largest absolute Gasteiger partial charge is 0.344 e. The molecule has 1 aliphatic carbocycles. The van der Waals surface area contributed by atoms with Gasteiger partial charge < -0.3 is 10.6 Å². The molecule has 0 unspecified atom stereocenters. The molecule has 30 heavy (non-hydrogen) atoms. The van der Waals surface area contributed by atoms with E-state index in [2.05, 4.69) is 10.6 Å². The quantitative estimate of drug-likeness (QED) is 0.694. The van der Waals surface area contributed by atoms with Crippen LogP contribution in [0, 0.1) is 0 Å². The van der Waals surface area contributed by atoms with E-state index in [1.807, 2.05) is 41.8 Å². The van der Waals surface area contributed by atoms with Crippen LogP contribution in [0.4, 0.5) is 4.79 Å². The monoisotopic (exact) mass is 425 g/mol. The van der Waals surface area contributed by atoms with Gasteiger partial charge in [-0.1, -0.05) is 30.3 Å². The van der Waals surface area contributed by atoms with Gasteiger partial charge in [-0.3, -0.25) is 19.3 Å². The van der Waals surface area contributed by atoms with Gasteiger partial charge in [-0.2, -0.15) is 0 Å². The summed E-state index contributed by atoms with van der Waals surface area (Å²) in [7, 11) is 0. The Hall–Kier alpha value is -3.00. The van der Waals surface area contributed by atoms with Crippen molar-refractivity contribution >= 4 is 35.0 Å². The molecule has 0 bridgehead atoms. The normalized spacial score (nSPS) is 21.3. The van der Waals surface area contributed by atoms with Crippen LogP contribution in [0.5, 0.6) is 0 Å². The molecule has 156 valence electrons. The Morgan fingerprint density at radius 3 is 2.73 bits per heavy atom. The summed E-state index contributed by atoms with van der Waals surface area (Å²) in [5.41, 5.74) is 0.680. The number of hydrogen-bond acceptors (Lipinski definition) is 5. The second kappa shape index (κ2) is 8.02. The number of hydrogen-bond donors (Lipinski definition) is 2. The minimum Gasteiger partial charge on any atom is -0.344 e. The first-order valence-electron chi connectivity index (χ1n) is 9.95. The van der Waals surface area contributed by atoms with Crippen molar-refractivity contribution in [1.29, 1.82) is 0 Å². The van der Waals surface area contributed by atoms with Crippen molar-refractivity contribution in [1.82, 2.24) is 15.5 Å². The summed E-state index contributed by atoms with van der Waals surface area (Å²) in [5, 5.41) is 7.43. The number of urea groups is 1. The maximum absolute atomic E-state index is 13.2. The number of ketones is 1. The minimum atomic E-state index is -1.07. The van der Waals surface area contributed by atoms with E-state index >= 15 is 0 Å². The van der Waals surface area contributed by atoms with E-state index < -0.39 is 36.0 Å². The average molecular weight is 426 g/mol. The van der Waals surface area contributed by atoms with Crippen LogP contribution >= 0.6 is 11.3 Å². The number of Topliss-reactive ketones (excluding diaryl/α,β-unsaturated/α-hetero) is 1. The number of fused-ring (bicyclic) bond motifs is 2. The molecule has 1 aliphatic heterocycles. The minimum absolute atomic E-state index is 0.184. The van der Waals surface area contributed by atoms with E-state index in [4.69, 9.17) is 0 Å². The fraction of sp³-hybridized carbons (Fsp3) is 0.364. The molecule has 2 aliphatic rings. The molecule has 1 saturated heterocycles. The molecule has 2 heterocycles. The highest BCUT2D eigenvalue weighted by Gasteiger charge is 2.54. The zero-order chi connectivity index (χ0) is 21.3. The molecule has 1 spiro atoms. The summed E-state index contributed by atoms with van der Waals surface area (Å²) >= 11 is 1.58. The standard InChI is InChI=1S/C22H23N3O4S/c1-14(26)17(12-15-6-3-2-4-7-15)23-19(27)13-25-20(28)22(24-21(25)29)10-5-8-18-16(22)9-11-30-18/h2-4,6-7,9,11,17H,5,8,10,12-13H2,1H3,(H,23,27)(H,24,29)/t17-,22+/m1/s1.